The summed E-state index contributed by atoms with van der Waals surface area (Å²) >= 11 is 0. The van der Waals surface area contributed by atoms with Crippen molar-refractivity contribution in [3.8, 4) is 0 Å². The van der Waals surface area contributed by atoms with Gasteiger partial charge in [0.25, 0.3) is 0 Å². The molecule has 21 heavy (non-hydrogen) atoms. The number of nitrogens with zero attached hydrogens (tertiary/aromatic N) is 2. The van der Waals surface area contributed by atoms with Gasteiger partial charge in [0.2, 0.25) is 5.91 Å². The minimum absolute atomic E-state index is 0.187. The number of nitrogens with one attached hydrogen (secondary N) is 2. The van der Waals surface area contributed by atoms with Gasteiger partial charge in [-0.25, -0.2) is 4.39 Å². The van der Waals surface area contributed by atoms with Crippen molar-refractivity contribution in [3.63, 3.8) is 0 Å². The Morgan fingerprint density at radius 1 is 1.43 bits per heavy atom. The van der Waals surface area contributed by atoms with E-state index in [1.54, 1.807) is 10.7 Å². The Hall–Kier alpha value is -2.37. The maximum Gasteiger partial charge on any atom is 0.221 e. The van der Waals surface area contributed by atoms with Crippen LogP contribution in [0.2, 0.25) is 0 Å². The van der Waals surface area contributed by atoms with E-state index >= 15 is 0 Å². The van der Waals surface area contributed by atoms with Gasteiger partial charge in [-0.05, 0) is 24.6 Å². The molecule has 0 atom stereocenters. The van der Waals surface area contributed by atoms with Gasteiger partial charge >= 0.3 is 0 Å². The molecule has 0 spiro atoms. The standard InChI is InChI=1S/C15H19FN4O/c1-4-14-11(9-20(3)19-14)8-17-15-7-12(18-10(2)21)5-6-13(15)16/h5-7,9,17H,4,8H2,1-3H3,(H,18,21). The van der Waals surface area contributed by atoms with Crippen molar-refractivity contribution in [2.24, 2.45) is 7.05 Å². The van der Waals surface area contributed by atoms with E-state index in [4.69, 9.17) is 0 Å². The third-order valence-electron chi connectivity index (χ3n) is 3.08. The van der Waals surface area contributed by atoms with E-state index < -0.39 is 0 Å². The van der Waals surface area contributed by atoms with Crippen LogP contribution in [0.5, 0.6) is 0 Å². The van der Waals surface area contributed by atoms with Gasteiger partial charge in [-0.2, -0.15) is 5.10 Å². The number of hydrogen-bond acceptors (Lipinski definition) is 3. The van der Waals surface area contributed by atoms with Crippen molar-refractivity contribution >= 4 is 17.3 Å². The lowest BCUT2D eigenvalue weighted by Crippen LogP contribution is -2.07. The average molecular weight is 290 g/mol. The van der Waals surface area contributed by atoms with Gasteiger partial charge in [0.1, 0.15) is 5.82 Å². The fraction of sp³-hybridized carbons (Fsp3) is 0.333. The Kier molecular flexibility index (Phi) is 4.57. The zero-order chi connectivity index (χ0) is 15.4. The predicted octanol–water partition coefficient (Wildman–Crippen LogP) is 2.69. The summed E-state index contributed by atoms with van der Waals surface area (Å²) < 4.78 is 15.6. The van der Waals surface area contributed by atoms with Crippen molar-refractivity contribution < 1.29 is 9.18 Å². The number of rotatable bonds is 5. The third-order valence-corrected chi connectivity index (χ3v) is 3.08. The Bertz CT molecular complexity index is 651. The van der Waals surface area contributed by atoms with Crippen LogP contribution in [0.1, 0.15) is 25.1 Å². The number of halogens is 1. The summed E-state index contributed by atoms with van der Waals surface area (Å²) in [5.74, 6) is -0.542. The largest absolute Gasteiger partial charge is 0.378 e. The average Bonchev–Trinajstić information content (AvgIpc) is 2.79. The van der Waals surface area contributed by atoms with E-state index in [2.05, 4.69) is 15.7 Å². The molecular formula is C15H19FN4O. The first kappa shape index (κ1) is 15.0. The van der Waals surface area contributed by atoms with E-state index in [9.17, 15) is 9.18 Å². The number of amides is 1. The molecule has 0 aliphatic carbocycles. The molecule has 2 rings (SSSR count). The second-order valence-electron chi connectivity index (χ2n) is 4.86. The first-order chi connectivity index (χ1) is 9.99. The van der Waals surface area contributed by atoms with Crippen molar-refractivity contribution in [1.82, 2.24) is 9.78 Å². The van der Waals surface area contributed by atoms with Crippen LogP contribution in [0.4, 0.5) is 15.8 Å². The van der Waals surface area contributed by atoms with Gasteiger partial charge in [-0.1, -0.05) is 6.92 Å². The quantitative estimate of drug-likeness (QED) is 0.890. The molecule has 0 aliphatic rings. The minimum Gasteiger partial charge on any atom is -0.378 e. The van der Waals surface area contributed by atoms with E-state index in [0.29, 0.717) is 17.9 Å². The van der Waals surface area contributed by atoms with E-state index in [-0.39, 0.29) is 11.7 Å². The highest BCUT2D eigenvalue weighted by Crippen LogP contribution is 2.21. The molecule has 0 saturated carbocycles. The summed E-state index contributed by atoms with van der Waals surface area (Å²) in [7, 11) is 1.86. The molecule has 0 radical (unpaired) electrons. The first-order valence-corrected chi connectivity index (χ1v) is 6.82. The number of carbonyl (C=O) groups is 1. The topological polar surface area (TPSA) is 59.0 Å². The van der Waals surface area contributed by atoms with Crippen molar-refractivity contribution in [1.29, 1.82) is 0 Å². The van der Waals surface area contributed by atoms with E-state index in [1.165, 1.54) is 19.1 Å². The second kappa shape index (κ2) is 6.39. The van der Waals surface area contributed by atoms with E-state index in [1.807, 2.05) is 20.2 Å². The molecule has 0 aliphatic heterocycles. The molecule has 112 valence electrons. The van der Waals surface area contributed by atoms with Crippen LogP contribution >= 0.6 is 0 Å². The zero-order valence-corrected chi connectivity index (χ0v) is 12.4. The van der Waals surface area contributed by atoms with Crippen molar-refractivity contribution in [2.75, 3.05) is 10.6 Å². The van der Waals surface area contributed by atoms with Gasteiger partial charge in [0, 0.05) is 38.0 Å². The summed E-state index contributed by atoms with van der Waals surface area (Å²) in [4.78, 5) is 11.0. The maximum atomic E-state index is 13.8. The summed E-state index contributed by atoms with van der Waals surface area (Å²) in [6.07, 6.45) is 2.74. The monoisotopic (exact) mass is 290 g/mol. The molecule has 1 heterocycles. The van der Waals surface area contributed by atoms with Gasteiger partial charge in [-0.15, -0.1) is 0 Å². The fourth-order valence-corrected chi connectivity index (χ4v) is 2.16. The smallest absolute Gasteiger partial charge is 0.221 e. The fourth-order valence-electron chi connectivity index (χ4n) is 2.16. The number of aryl methyl sites for hydroxylation is 2. The number of hydrogen-bond donors (Lipinski definition) is 2. The second-order valence-corrected chi connectivity index (χ2v) is 4.86. The highest BCUT2D eigenvalue weighted by atomic mass is 19.1. The molecular weight excluding hydrogens is 271 g/mol. The van der Waals surface area contributed by atoms with Crippen LogP contribution in [0, 0.1) is 5.82 Å². The minimum atomic E-state index is -0.356. The van der Waals surface area contributed by atoms with Crippen LogP contribution in [-0.4, -0.2) is 15.7 Å². The molecule has 1 aromatic carbocycles. The highest BCUT2D eigenvalue weighted by molar-refractivity contribution is 5.89. The summed E-state index contributed by atoms with van der Waals surface area (Å²) in [6, 6.07) is 4.44. The molecule has 1 amide bonds. The molecule has 0 fully saturated rings. The summed E-state index contributed by atoms with van der Waals surface area (Å²) in [6.45, 7) is 3.93. The van der Waals surface area contributed by atoms with Crippen LogP contribution in [-0.2, 0) is 24.8 Å². The van der Waals surface area contributed by atoms with Crippen molar-refractivity contribution in [2.45, 2.75) is 26.8 Å². The Labute approximate surface area is 123 Å². The molecule has 2 aromatic rings. The van der Waals surface area contributed by atoms with Crippen LogP contribution in [0.15, 0.2) is 24.4 Å². The maximum absolute atomic E-state index is 13.8. The van der Waals surface area contributed by atoms with Crippen molar-refractivity contribution in [3.05, 3.63) is 41.5 Å². The molecule has 0 saturated heterocycles. The third kappa shape index (κ3) is 3.81. The highest BCUT2D eigenvalue weighted by Gasteiger charge is 2.08. The molecule has 0 unspecified atom stereocenters. The Morgan fingerprint density at radius 3 is 2.86 bits per heavy atom. The molecule has 2 N–H and O–H groups in total. The van der Waals surface area contributed by atoms with Gasteiger partial charge in [0.15, 0.2) is 0 Å². The van der Waals surface area contributed by atoms with Gasteiger partial charge in [0.05, 0.1) is 11.4 Å². The number of anilines is 2. The first-order valence-electron chi connectivity index (χ1n) is 6.82. The van der Waals surface area contributed by atoms with Crippen LogP contribution in [0.3, 0.4) is 0 Å². The summed E-state index contributed by atoms with van der Waals surface area (Å²) in [5.41, 5.74) is 2.94. The Morgan fingerprint density at radius 2 is 2.19 bits per heavy atom. The lowest BCUT2D eigenvalue weighted by molar-refractivity contribution is -0.114. The van der Waals surface area contributed by atoms with E-state index in [0.717, 1.165) is 17.7 Å². The number of benzene rings is 1. The number of aromatic nitrogens is 2. The SMILES string of the molecule is CCc1nn(C)cc1CNc1cc(NC(C)=O)ccc1F. The lowest BCUT2D eigenvalue weighted by atomic mass is 10.2. The molecule has 6 heteroatoms. The molecule has 5 nitrogen and oxygen atoms in total. The lowest BCUT2D eigenvalue weighted by Gasteiger charge is -2.10. The number of carbonyl (C=O) groups excluding carboxylic acids is 1. The molecule has 1 aromatic heterocycles. The normalized spacial score (nSPS) is 10.5. The van der Waals surface area contributed by atoms with Gasteiger partial charge in [-0.3, -0.25) is 9.48 Å². The summed E-state index contributed by atoms with van der Waals surface area (Å²) in [5, 5.41) is 10.0. The molecule has 0 bridgehead atoms. The van der Waals surface area contributed by atoms with Crippen LogP contribution < -0.4 is 10.6 Å². The zero-order valence-electron chi connectivity index (χ0n) is 12.4. The predicted molar refractivity (Wildman–Crippen MR) is 80.6 cm³/mol. The van der Waals surface area contributed by atoms with Crippen LogP contribution in [0.25, 0.3) is 0 Å². The Balaban J connectivity index is 2.13. The van der Waals surface area contributed by atoms with Gasteiger partial charge < -0.3 is 10.6 Å².